The van der Waals surface area contributed by atoms with E-state index in [0.717, 1.165) is 44.2 Å². The number of benzene rings is 2. The molecule has 0 unspecified atom stereocenters. The topological polar surface area (TPSA) is 89.6 Å². The molecule has 0 radical (unpaired) electrons. The Labute approximate surface area is 202 Å². The van der Waals surface area contributed by atoms with E-state index in [4.69, 9.17) is 9.15 Å². The first-order valence-corrected chi connectivity index (χ1v) is 11.8. The summed E-state index contributed by atoms with van der Waals surface area (Å²) in [5.74, 6) is 1.96. The van der Waals surface area contributed by atoms with E-state index in [1.807, 2.05) is 12.1 Å². The van der Waals surface area contributed by atoms with Crippen LogP contribution in [-0.2, 0) is 41.9 Å². The van der Waals surface area contributed by atoms with Crippen molar-refractivity contribution in [2.75, 3.05) is 0 Å². The summed E-state index contributed by atoms with van der Waals surface area (Å²) in [4.78, 5) is 26.7. The summed E-state index contributed by atoms with van der Waals surface area (Å²) in [6, 6.07) is 7.55. The Bertz CT molecular complexity index is 1160. The number of rotatable bonds is 3. The average molecular weight is 563 g/mol. The van der Waals surface area contributed by atoms with Gasteiger partial charge in [0.25, 0.3) is 0 Å². The van der Waals surface area contributed by atoms with Crippen molar-refractivity contribution in [3.63, 3.8) is 0 Å². The Morgan fingerprint density at radius 3 is 2.19 bits per heavy atom. The third-order valence-corrected chi connectivity index (χ3v) is 6.39. The van der Waals surface area contributed by atoms with Gasteiger partial charge in [-0.15, -0.1) is 0 Å². The predicted octanol–water partition coefficient (Wildman–Crippen LogP) is 5.29. The second-order valence-corrected chi connectivity index (χ2v) is 9.58. The number of halogens is 2. The van der Waals surface area contributed by atoms with Gasteiger partial charge >= 0.3 is 0 Å². The van der Waals surface area contributed by atoms with Crippen molar-refractivity contribution in [3.05, 3.63) is 73.8 Å². The first-order valence-electron chi connectivity index (χ1n) is 10.2. The quantitative estimate of drug-likeness (QED) is 0.467. The van der Waals surface area contributed by atoms with E-state index in [1.54, 1.807) is 12.3 Å². The smallest absolute Gasteiger partial charge is 0.232 e. The van der Waals surface area contributed by atoms with Gasteiger partial charge in [0.05, 0.1) is 6.20 Å². The van der Waals surface area contributed by atoms with Gasteiger partial charge in [0, 0.05) is 45.8 Å². The molecule has 3 aromatic rings. The molecule has 0 fully saturated rings. The normalized spacial score (nSPS) is 14.8. The molecule has 0 saturated heterocycles. The fraction of sp³-hybridized carbons (Fsp3) is 0.292. The third kappa shape index (κ3) is 5.48. The molecule has 0 amide bonds. The van der Waals surface area contributed by atoms with Crippen LogP contribution in [0, 0.1) is 0 Å². The number of carbonyl (C=O) groups is 2. The summed E-state index contributed by atoms with van der Waals surface area (Å²) in [7, 11) is 0. The molecule has 1 heterocycles. The number of aromatic nitrogens is 1. The van der Waals surface area contributed by atoms with Gasteiger partial charge in [-0.1, -0.05) is 31.9 Å². The first-order chi connectivity index (χ1) is 15.4. The van der Waals surface area contributed by atoms with Gasteiger partial charge in [-0.25, -0.2) is 4.98 Å². The zero-order valence-electron chi connectivity index (χ0n) is 17.2. The minimum atomic E-state index is 0.213. The average Bonchev–Trinajstić information content (AvgIpc) is 3.27. The first kappa shape index (κ1) is 22.7. The summed E-state index contributed by atoms with van der Waals surface area (Å²) in [5.41, 5.74) is 4.06. The molecule has 2 aliphatic carbocycles. The maximum absolute atomic E-state index is 11.6. The number of ketones is 2. The maximum atomic E-state index is 11.6. The monoisotopic (exact) mass is 561 g/mol. The Hall–Kier alpha value is -2.45. The van der Waals surface area contributed by atoms with Gasteiger partial charge < -0.3 is 14.3 Å². The second kappa shape index (κ2) is 10.0. The maximum Gasteiger partial charge on any atom is 0.232 e. The number of aryl methyl sites for hydroxylation is 2. The zero-order chi connectivity index (χ0) is 22.7. The van der Waals surface area contributed by atoms with Crippen molar-refractivity contribution in [2.45, 2.75) is 45.1 Å². The Kier molecular flexibility index (Phi) is 7.10. The van der Waals surface area contributed by atoms with Gasteiger partial charge in [0.2, 0.25) is 5.89 Å². The minimum Gasteiger partial charge on any atom is -0.508 e. The largest absolute Gasteiger partial charge is 0.508 e. The molecular weight excluding hydrogens is 542 g/mol. The molecule has 2 aromatic carbocycles. The van der Waals surface area contributed by atoms with Crippen molar-refractivity contribution in [1.29, 1.82) is 0 Å². The highest BCUT2D eigenvalue weighted by molar-refractivity contribution is 9.10. The van der Waals surface area contributed by atoms with Crippen LogP contribution in [0.1, 0.15) is 41.0 Å². The number of carbonyl (C=O) groups excluding carboxylic acids is 2. The number of aromatic hydroxyl groups is 1. The molecule has 0 atom stereocenters. The van der Waals surface area contributed by atoms with Gasteiger partial charge in [0.15, 0.2) is 6.61 Å². The highest BCUT2D eigenvalue weighted by Gasteiger charge is 2.21. The van der Waals surface area contributed by atoms with Crippen LogP contribution in [0.3, 0.4) is 0 Å². The fourth-order valence-corrected chi connectivity index (χ4v) is 4.88. The molecule has 1 aromatic heterocycles. The van der Waals surface area contributed by atoms with Crippen LogP contribution in [0.25, 0.3) is 0 Å². The fourth-order valence-electron chi connectivity index (χ4n) is 3.91. The Morgan fingerprint density at radius 1 is 0.906 bits per heavy atom. The summed E-state index contributed by atoms with van der Waals surface area (Å²) < 4.78 is 12.7. The zero-order valence-corrected chi connectivity index (χ0v) is 20.4. The van der Waals surface area contributed by atoms with Gasteiger partial charge in [-0.2, -0.15) is 0 Å². The number of hydrogen-bond acceptors (Lipinski definition) is 6. The van der Waals surface area contributed by atoms with Crippen molar-refractivity contribution in [1.82, 2.24) is 4.98 Å². The lowest BCUT2D eigenvalue weighted by Gasteiger charge is -2.19. The molecule has 0 aliphatic heterocycles. The molecule has 0 bridgehead atoms. The lowest BCUT2D eigenvalue weighted by Crippen LogP contribution is -2.15. The molecule has 1 N–H and O–H groups in total. The second-order valence-electron chi connectivity index (χ2n) is 7.75. The van der Waals surface area contributed by atoms with Crippen molar-refractivity contribution in [3.8, 4) is 11.5 Å². The van der Waals surface area contributed by atoms with Crippen LogP contribution < -0.4 is 4.74 Å². The predicted molar refractivity (Wildman–Crippen MR) is 125 cm³/mol. The highest BCUT2D eigenvalue weighted by atomic mass is 79.9. The van der Waals surface area contributed by atoms with Crippen LogP contribution in [0.5, 0.6) is 11.5 Å². The lowest BCUT2D eigenvalue weighted by atomic mass is 9.90. The SMILES string of the molecule is O=C1CCc2cc(Br)cc(O)c2C1.O=C1CCc2cc(Br)cc(OCc3ncco3)c2C1. The van der Waals surface area contributed by atoms with E-state index in [0.29, 0.717) is 31.6 Å². The summed E-state index contributed by atoms with van der Waals surface area (Å²) >= 11 is 6.78. The third-order valence-electron chi connectivity index (χ3n) is 5.48. The number of fused-ring (bicyclic) bond motifs is 2. The van der Waals surface area contributed by atoms with Gasteiger partial charge in [0.1, 0.15) is 29.3 Å². The molecular formula is C24H21Br2NO5. The molecule has 166 valence electrons. The van der Waals surface area contributed by atoms with E-state index >= 15 is 0 Å². The number of phenolic OH excluding ortho intramolecular Hbond substituents is 1. The lowest BCUT2D eigenvalue weighted by molar-refractivity contribution is -0.119. The summed E-state index contributed by atoms with van der Waals surface area (Å²) in [6.45, 7) is 0.268. The van der Waals surface area contributed by atoms with Crippen LogP contribution in [-0.4, -0.2) is 21.7 Å². The molecule has 2 aliphatic rings. The minimum absolute atomic E-state index is 0.213. The van der Waals surface area contributed by atoms with Crippen molar-refractivity contribution in [2.24, 2.45) is 0 Å². The van der Waals surface area contributed by atoms with E-state index in [-0.39, 0.29) is 23.9 Å². The molecule has 0 spiro atoms. The van der Waals surface area contributed by atoms with Gasteiger partial charge in [-0.05, 0) is 48.2 Å². The van der Waals surface area contributed by atoms with Crippen LogP contribution in [0.2, 0.25) is 0 Å². The van der Waals surface area contributed by atoms with E-state index < -0.39 is 0 Å². The number of oxazole rings is 1. The number of nitrogens with zero attached hydrogens (tertiary/aromatic N) is 1. The number of hydrogen-bond donors (Lipinski definition) is 1. The molecule has 8 heteroatoms. The van der Waals surface area contributed by atoms with Crippen molar-refractivity contribution < 1.29 is 23.8 Å². The standard InChI is InChI=1S/C14H12BrNO3.C10H9BrO2/c15-10-5-9-1-2-11(17)7-12(9)13(6-10)19-8-14-16-3-4-18-14;11-7-3-6-1-2-8(12)5-9(6)10(13)4-7/h3-6H,1-2,7-8H2;3-4,13H,1-2,5H2. The van der Waals surface area contributed by atoms with Crippen LogP contribution in [0.15, 0.2) is 50.1 Å². The molecule has 32 heavy (non-hydrogen) atoms. The Morgan fingerprint density at radius 2 is 1.53 bits per heavy atom. The van der Waals surface area contributed by atoms with Crippen LogP contribution in [0.4, 0.5) is 0 Å². The van der Waals surface area contributed by atoms with Crippen molar-refractivity contribution >= 4 is 43.4 Å². The number of Topliss-reactive ketones (excluding diaryl/α,β-unsaturated/α-hetero) is 2. The molecule has 6 nitrogen and oxygen atoms in total. The Balaban J connectivity index is 0.000000165. The molecule has 5 rings (SSSR count). The highest BCUT2D eigenvalue weighted by Crippen LogP contribution is 2.33. The summed E-state index contributed by atoms with van der Waals surface area (Å²) in [5, 5.41) is 9.57. The van der Waals surface area contributed by atoms with E-state index in [9.17, 15) is 14.7 Å². The molecule has 0 saturated carbocycles. The summed E-state index contributed by atoms with van der Waals surface area (Å²) in [6.07, 6.45) is 6.67. The van der Waals surface area contributed by atoms with Gasteiger partial charge in [-0.3, -0.25) is 9.59 Å². The van der Waals surface area contributed by atoms with Crippen LogP contribution >= 0.6 is 31.9 Å². The van der Waals surface area contributed by atoms with E-state index in [1.165, 1.54) is 11.8 Å². The number of ether oxygens (including phenoxy) is 1. The number of phenols is 1. The van der Waals surface area contributed by atoms with E-state index in [2.05, 4.69) is 42.9 Å².